The third kappa shape index (κ3) is 4.00. The number of aliphatic carboxylic acids is 1. The molecule has 1 aromatic heterocycles. The summed E-state index contributed by atoms with van der Waals surface area (Å²) in [6.07, 6.45) is 0.195. The van der Waals surface area contributed by atoms with Gasteiger partial charge in [-0.3, -0.25) is 9.59 Å². The van der Waals surface area contributed by atoms with Crippen molar-refractivity contribution in [2.75, 3.05) is 6.54 Å². The molecule has 0 spiro atoms. The Morgan fingerprint density at radius 3 is 2.70 bits per heavy atom. The number of carboxylic acid groups (broad SMARTS) is 1. The van der Waals surface area contributed by atoms with Gasteiger partial charge in [0.25, 0.3) is 5.91 Å². The van der Waals surface area contributed by atoms with Crippen LogP contribution < -0.4 is 5.32 Å². The van der Waals surface area contributed by atoms with E-state index < -0.39 is 24.2 Å². The predicted molar refractivity (Wildman–Crippen MR) is 95.1 cm³/mol. The minimum Gasteiger partial charge on any atom is -0.504 e. The standard InChI is InChI=1S/C19H16FN3O4/c1-10-22-15(18(26)17(23-10)19(27)21-9-16(24)25)8-11-5-6-13-12(7-11)3-2-4-14(13)20/h2-7,26H,8-9H2,1H3,(H,21,27)(H,24,25). The van der Waals surface area contributed by atoms with Crippen LogP contribution in [0.25, 0.3) is 10.8 Å². The molecule has 3 rings (SSSR count). The van der Waals surface area contributed by atoms with Crippen LogP contribution in [0.1, 0.15) is 27.6 Å². The van der Waals surface area contributed by atoms with Crippen molar-refractivity contribution in [1.82, 2.24) is 15.3 Å². The smallest absolute Gasteiger partial charge is 0.322 e. The van der Waals surface area contributed by atoms with E-state index >= 15 is 0 Å². The van der Waals surface area contributed by atoms with Crippen LogP contribution in [0.2, 0.25) is 0 Å². The summed E-state index contributed by atoms with van der Waals surface area (Å²) < 4.78 is 13.8. The number of amides is 1. The second-order valence-corrected chi connectivity index (χ2v) is 5.96. The van der Waals surface area contributed by atoms with Gasteiger partial charge in [-0.25, -0.2) is 14.4 Å². The highest BCUT2D eigenvalue weighted by atomic mass is 19.1. The van der Waals surface area contributed by atoms with Crippen molar-refractivity contribution in [3.63, 3.8) is 0 Å². The molecule has 7 nitrogen and oxygen atoms in total. The van der Waals surface area contributed by atoms with Crippen molar-refractivity contribution in [3.8, 4) is 5.75 Å². The number of aromatic nitrogens is 2. The van der Waals surface area contributed by atoms with E-state index in [0.29, 0.717) is 10.8 Å². The van der Waals surface area contributed by atoms with Crippen LogP contribution in [0.5, 0.6) is 5.75 Å². The molecule has 138 valence electrons. The van der Waals surface area contributed by atoms with Gasteiger partial charge in [0.1, 0.15) is 18.2 Å². The molecular weight excluding hydrogens is 353 g/mol. The first kappa shape index (κ1) is 18.2. The molecule has 27 heavy (non-hydrogen) atoms. The van der Waals surface area contributed by atoms with Gasteiger partial charge in [0.2, 0.25) is 0 Å². The molecule has 0 unspecified atom stereocenters. The monoisotopic (exact) mass is 369 g/mol. The number of carboxylic acids is 1. The molecular formula is C19H16FN3O4. The molecule has 0 atom stereocenters. The molecule has 0 fully saturated rings. The molecule has 1 heterocycles. The van der Waals surface area contributed by atoms with Crippen LogP contribution in [0.4, 0.5) is 4.39 Å². The Morgan fingerprint density at radius 2 is 1.96 bits per heavy atom. The summed E-state index contributed by atoms with van der Waals surface area (Å²) in [4.78, 5) is 30.7. The van der Waals surface area contributed by atoms with E-state index in [4.69, 9.17) is 5.11 Å². The van der Waals surface area contributed by atoms with Gasteiger partial charge in [-0.2, -0.15) is 0 Å². The summed E-state index contributed by atoms with van der Waals surface area (Å²) in [7, 11) is 0. The molecule has 0 aliphatic rings. The molecule has 1 amide bonds. The fourth-order valence-electron chi connectivity index (χ4n) is 2.74. The van der Waals surface area contributed by atoms with Gasteiger partial charge in [0.15, 0.2) is 11.4 Å². The number of aryl methyl sites for hydroxylation is 1. The van der Waals surface area contributed by atoms with E-state index in [2.05, 4.69) is 15.3 Å². The summed E-state index contributed by atoms with van der Waals surface area (Å²) in [5, 5.41) is 22.4. The predicted octanol–water partition coefficient (Wildman–Crippen LogP) is 2.19. The second-order valence-electron chi connectivity index (χ2n) is 5.96. The summed E-state index contributed by atoms with van der Waals surface area (Å²) >= 11 is 0. The first-order valence-electron chi connectivity index (χ1n) is 8.09. The molecule has 2 aromatic carbocycles. The number of carbonyl (C=O) groups is 2. The van der Waals surface area contributed by atoms with Crippen molar-refractivity contribution in [2.24, 2.45) is 0 Å². The van der Waals surface area contributed by atoms with Crippen LogP contribution in [-0.4, -0.2) is 38.6 Å². The van der Waals surface area contributed by atoms with Gasteiger partial charge in [-0.15, -0.1) is 0 Å². The maximum atomic E-state index is 13.8. The van der Waals surface area contributed by atoms with Crippen molar-refractivity contribution in [2.45, 2.75) is 13.3 Å². The molecule has 3 aromatic rings. The van der Waals surface area contributed by atoms with E-state index in [9.17, 15) is 19.1 Å². The zero-order chi connectivity index (χ0) is 19.6. The maximum absolute atomic E-state index is 13.8. The van der Waals surface area contributed by atoms with Gasteiger partial charge in [-0.05, 0) is 23.9 Å². The number of hydrogen-bond acceptors (Lipinski definition) is 5. The number of nitrogens with one attached hydrogen (secondary N) is 1. The third-order valence-corrected chi connectivity index (χ3v) is 3.95. The van der Waals surface area contributed by atoms with Crippen LogP contribution in [-0.2, 0) is 11.2 Å². The second kappa shape index (κ2) is 7.36. The topological polar surface area (TPSA) is 112 Å². The van der Waals surface area contributed by atoms with Gasteiger partial charge >= 0.3 is 5.97 Å². The van der Waals surface area contributed by atoms with Crippen LogP contribution >= 0.6 is 0 Å². The molecule has 0 radical (unpaired) electrons. The summed E-state index contributed by atoms with van der Waals surface area (Å²) in [5.74, 6) is -2.49. The molecule has 0 aliphatic heterocycles. The summed E-state index contributed by atoms with van der Waals surface area (Å²) in [6.45, 7) is 0.972. The summed E-state index contributed by atoms with van der Waals surface area (Å²) in [6, 6.07) is 9.90. The number of rotatable bonds is 5. The van der Waals surface area contributed by atoms with Gasteiger partial charge in [0, 0.05) is 11.8 Å². The molecule has 3 N–H and O–H groups in total. The number of fused-ring (bicyclic) bond motifs is 1. The highest BCUT2D eigenvalue weighted by Crippen LogP contribution is 2.25. The lowest BCUT2D eigenvalue weighted by Crippen LogP contribution is -2.30. The summed E-state index contributed by atoms with van der Waals surface area (Å²) in [5.41, 5.74) is 0.697. The van der Waals surface area contributed by atoms with Crippen LogP contribution in [0.3, 0.4) is 0 Å². The van der Waals surface area contributed by atoms with Gasteiger partial charge in [0.05, 0.1) is 5.69 Å². The Balaban J connectivity index is 1.93. The lowest BCUT2D eigenvalue weighted by atomic mass is 10.0. The van der Waals surface area contributed by atoms with Crippen molar-refractivity contribution < 1.29 is 24.2 Å². The van der Waals surface area contributed by atoms with Gasteiger partial charge in [-0.1, -0.05) is 30.3 Å². The average Bonchev–Trinajstić information content (AvgIpc) is 2.62. The fraction of sp³-hybridized carbons (Fsp3) is 0.158. The zero-order valence-electron chi connectivity index (χ0n) is 14.4. The Kier molecular flexibility index (Phi) is 4.98. The number of halogens is 1. The average molecular weight is 369 g/mol. The zero-order valence-corrected chi connectivity index (χ0v) is 14.4. The lowest BCUT2D eigenvalue weighted by molar-refractivity contribution is -0.135. The number of nitrogens with zero attached hydrogens (tertiary/aromatic N) is 2. The minimum atomic E-state index is -1.21. The lowest BCUT2D eigenvalue weighted by Gasteiger charge is -2.10. The number of aromatic hydroxyl groups is 1. The number of carbonyl (C=O) groups excluding carboxylic acids is 1. The third-order valence-electron chi connectivity index (χ3n) is 3.95. The highest BCUT2D eigenvalue weighted by molar-refractivity contribution is 5.96. The Hall–Kier alpha value is -3.55. The Morgan fingerprint density at radius 1 is 1.19 bits per heavy atom. The van der Waals surface area contributed by atoms with Crippen molar-refractivity contribution in [1.29, 1.82) is 0 Å². The van der Waals surface area contributed by atoms with E-state index in [1.807, 2.05) is 0 Å². The largest absolute Gasteiger partial charge is 0.504 e. The first-order valence-corrected chi connectivity index (χ1v) is 8.09. The minimum absolute atomic E-state index is 0.195. The van der Waals surface area contributed by atoms with Gasteiger partial charge < -0.3 is 15.5 Å². The van der Waals surface area contributed by atoms with Crippen LogP contribution in [0, 0.1) is 12.7 Å². The Labute approximate surface area is 153 Å². The van der Waals surface area contributed by atoms with Crippen molar-refractivity contribution in [3.05, 3.63) is 65.0 Å². The fourth-order valence-corrected chi connectivity index (χ4v) is 2.74. The molecule has 0 aliphatic carbocycles. The highest BCUT2D eigenvalue weighted by Gasteiger charge is 2.19. The van der Waals surface area contributed by atoms with E-state index in [-0.39, 0.29) is 29.5 Å². The molecule has 8 heteroatoms. The SMILES string of the molecule is Cc1nc(Cc2ccc3c(F)cccc3c2)c(O)c(C(=O)NCC(=O)O)n1. The van der Waals surface area contributed by atoms with Crippen LogP contribution in [0.15, 0.2) is 36.4 Å². The molecule has 0 saturated carbocycles. The molecule has 0 bridgehead atoms. The quantitative estimate of drug-likeness (QED) is 0.635. The normalized spacial score (nSPS) is 10.7. The first-order chi connectivity index (χ1) is 12.8. The maximum Gasteiger partial charge on any atom is 0.322 e. The van der Waals surface area contributed by atoms with Crippen molar-refractivity contribution >= 4 is 22.6 Å². The van der Waals surface area contributed by atoms with E-state index in [1.54, 1.807) is 37.3 Å². The van der Waals surface area contributed by atoms with E-state index in [1.165, 1.54) is 6.07 Å². The number of hydrogen-bond donors (Lipinski definition) is 3. The van der Waals surface area contributed by atoms with E-state index in [0.717, 1.165) is 5.56 Å². The Bertz CT molecular complexity index is 1050. The number of benzene rings is 2. The molecule has 0 saturated heterocycles.